The molecule has 1 aliphatic heterocycles. The van der Waals surface area contributed by atoms with Crippen molar-refractivity contribution in [1.82, 2.24) is 10.2 Å². The average molecular weight is 298 g/mol. The monoisotopic (exact) mass is 298 g/mol. The predicted molar refractivity (Wildman–Crippen MR) is 78.1 cm³/mol. The van der Waals surface area contributed by atoms with Crippen molar-refractivity contribution in [1.29, 1.82) is 0 Å². The third-order valence-corrected chi connectivity index (χ3v) is 4.75. The molecule has 6 nitrogen and oxygen atoms in total. The Morgan fingerprint density at radius 2 is 2.19 bits per heavy atom. The highest BCUT2D eigenvalue weighted by Crippen LogP contribution is 2.48. The summed E-state index contributed by atoms with van der Waals surface area (Å²) in [5.41, 5.74) is 0.258. The van der Waals surface area contributed by atoms with Crippen LogP contribution in [0.2, 0.25) is 0 Å². The van der Waals surface area contributed by atoms with Crippen molar-refractivity contribution >= 4 is 12.0 Å². The number of likely N-dealkylation sites (tertiary alicyclic amines) is 1. The van der Waals surface area contributed by atoms with Crippen LogP contribution in [0.25, 0.3) is 0 Å². The summed E-state index contributed by atoms with van der Waals surface area (Å²) in [6, 6.07) is -0.00323. The molecule has 21 heavy (non-hydrogen) atoms. The van der Waals surface area contributed by atoms with Gasteiger partial charge in [0.1, 0.15) is 0 Å². The molecule has 1 saturated heterocycles. The first-order chi connectivity index (χ1) is 10.0. The first-order valence-corrected chi connectivity index (χ1v) is 7.78. The Hall–Kier alpha value is -1.30. The molecule has 2 fully saturated rings. The van der Waals surface area contributed by atoms with E-state index < -0.39 is 5.97 Å². The van der Waals surface area contributed by atoms with Crippen LogP contribution in [0.1, 0.15) is 38.5 Å². The molecule has 1 atom stereocenters. The van der Waals surface area contributed by atoms with Gasteiger partial charge in [0.2, 0.25) is 0 Å². The maximum absolute atomic E-state index is 12.1. The van der Waals surface area contributed by atoms with Crippen LogP contribution in [-0.2, 0) is 9.53 Å². The van der Waals surface area contributed by atoms with E-state index in [-0.39, 0.29) is 17.9 Å². The van der Waals surface area contributed by atoms with Crippen LogP contribution in [-0.4, -0.2) is 55.4 Å². The molecule has 0 aromatic carbocycles. The van der Waals surface area contributed by atoms with Gasteiger partial charge < -0.3 is 20.1 Å². The number of carboxylic acid groups (broad SMARTS) is 1. The van der Waals surface area contributed by atoms with Crippen LogP contribution in [0.3, 0.4) is 0 Å². The largest absolute Gasteiger partial charge is 0.481 e. The van der Waals surface area contributed by atoms with Crippen LogP contribution >= 0.6 is 0 Å². The summed E-state index contributed by atoms with van der Waals surface area (Å²) in [5.74, 6) is -0.429. The number of aliphatic carboxylic acids is 1. The minimum absolute atomic E-state index is 0.00323. The molecule has 1 aliphatic carbocycles. The molecule has 1 unspecified atom stereocenters. The summed E-state index contributed by atoms with van der Waals surface area (Å²) < 4.78 is 5.11. The number of ether oxygens (including phenoxy) is 1. The van der Waals surface area contributed by atoms with E-state index in [0.29, 0.717) is 18.9 Å². The fourth-order valence-corrected chi connectivity index (χ4v) is 2.97. The molecule has 0 aromatic rings. The second-order valence-corrected chi connectivity index (χ2v) is 6.43. The summed E-state index contributed by atoms with van der Waals surface area (Å²) in [6.45, 7) is 2.90. The normalized spacial score (nSPS) is 23.1. The van der Waals surface area contributed by atoms with Crippen LogP contribution in [0.5, 0.6) is 0 Å². The molecule has 6 heteroatoms. The smallest absolute Gasteiger partial charge is 0.317 e. The summed E-state index contributed by atoms with van der Waals surface area (Å²) >= 11 is 0. The predicted octanol–water partition coefficient (Wildman–Crippen LogP) is 1.70. The zero-order chi connectivity index (χ0) is 15.3. The highest BCUT2D eigenvalue weighted by Gasteiger charge is 2.42. The highest BCUT2D eigenvalue weighted by molar-refractivity contribution is 5.74. The lowest BCUT2D eigenvalue weighted by atomic mass is 10.0. The Bertz CT molecular complexity index is 382. The van der Waals surface area contributed by atoms with E-state index in [0.717, 1.165) is 45.4 Å². The lowest BCUT2D eigenvalue weighted by molar-refractivity contribution is -0.137. The molecule has 0 radical (unpaired) electrons. The molecule has 1 heterocycles. The third-order valence-electron chi connectivity index (χ3n) is 4.75. The van der Waals surface area contributed by atoms with Gasteiger partial charge in [0.15, 0.2) is 0 Å². The molecule has 0 bridgehead atoms. The third kappa shape index (κ3) is 4.88. The van der Waals surface area contributed by atoms with Crippen molar-refractivity contribution in [3.63, 3.8) is 0 Å². The Morgan fingerprint density at radius 1 is 1.43 bits per heavy atom. The molecule has 120 valence electrons. The lowest BCUT2D eigenvalue weighted by Gasteiger charge is -2.20. The fourth-order valence-electron chi connectivity index (χ4n) is 2.97. The molecule has 2 N–H and O–H groups in total. The van der Waals surface area contributed by atoms with Crippen molar-refractivity contribution in [2.24, 2.45) is 11.3 Å². The Kier molecular flexibility index (Phi) is 5.45. The van der Waals surface area contributed by atoms with Gasteiger partial charge >= 0.3 is 12.0 Å². The first-order valence-electron chi connectivity index (χ1n) is 7.78. The van der Waals surface area contributed by atoms with Crippen LogP contribution in [0.4, 0.5) is 4.79 Å². The summed E-state index contributed by atoms with van der Waals surface area (Å²) in [7, 11) is 1.70. The molecular weight excluding hydrogens is 272 g/mol. The van der Waals surface area contributed by atoms with E-state index in [1.54, 1.807) is 7.11 Å². The van der Waals surface area contributed by atoms with Gasteiger partial charge in [-0.1, -0.05) is 0 Å². The number of carboxylic acids is 1. The van der Waals surface area contributed by atoms with Gasteiger partial charge in [0, 0.05) is 39.8 Å². The van der Waals surface area contributed by atoms with Crippen molar-refractivity contribution in [3.8, 4) is 0 Å². The topological polar surface area (TPSA) is 78.9 Å². The van der Waals surface area contributed by atoms with Crippen molar-refractivity contribution in [2.75, 3.05) is 33.4 Å². The SMILES string of the molecule is COCCC1(CNC(=O)N2CCC(CCC(=O)O)C2)CC1. The minimum atomic E-state index is -0.758. The average Bonchev–Trinajstić information content (AvgIpc) is 3.07. The number of rotatable bonds is 8. The van der Waals surface area contributed by atoms with E-state index in [4.69, 9.17) is 9.84 Å². The van der Waals surface area contributed by atoms with E-state index in [1.807, 2.05) is 4.90 Å². The van der Waals surface area contributed by atoms with Crippen LogP contribution in [0.15, 0.2) is 0 Å². The molecule has 0 spiro atoms. The fraction of sp³-hybridized carbons (Fsp3) is 0.867. The Morgan fingerprint density at radius 3 is 2.81 bits per heavy atom. The number of urea groups is 1. The number of hydrogen-bond acceptors (Lipinski definition) is 3. The van der Waals surface area contributed by atoms with Crippen LogP contribution in [0, 0.1) is 11.3 Å². The standard InChI is InChI=1S/C15H26N2O4/c1-21-9-7-15(5-6-15)11-16-14(20)17-8-4-12(10-17)2-3-13(18)19/h12H,2-11H2,1H3,(H,16,20)(H,18,19). The number of nitrogens with zero attached hydrogens (tertiary/aromatic N) is 1. The van der Waals surface area contributed by atoms with Crippen molar-refractivity contribution < 1.29 is 19.4 Å². The maximum Gasteiger partial charge on any atom is 0.317 e. The number of nitrogens with one attached hydrogen (secondary N) is 1. The minimum Gasteiger partial charge on any atom is -0.481 e. The summed E-state index contributed by atoms with van der Waals surface area (Å²) in [4.78, 5) is 24.5. The van der Waals surface area contributed by atoms with E-state index in [1.165, 1.54) is 0 Å². The number of amides is 2. The molecule has 0 aromatic heterocycles. The van der Waals surface area contributed by atoms with Gasteiger partial charge in [-0.05, 0) is 43.4 Å². The summed E-state index contributed by atoms with van der Waals surface area (Å²) in [5, 5.41) is 11.7. The Labute approximate surface area is 125 Å². The molecule has 2 aliphatic rings. The maximum atomic E-state index is 12.1. The quantitative estimate of drug-likeness (QED) is 0.715. The number of methoxy groups -OCH3 is 1. The van der Waals surface area contributed by atoms with Gasteiger partial charge in [0.25, 0.3) is 0 Å². The molecule has 1 saturated carbocycles. The Balaban J connectivity index is 1.66. The van der Waals surface area contributed by atoms with Gasteiger partial charge in [0.05, 0.1) is 0 Å². The van der Waals surface area contributed by atoms with E-state index in [9.17, 15) is 9.59 Å². The van der Waals surface area contributed by atoms with Crippen molar-refractivity contribution in [3.05, 3.63) is 0 Å². The number of carbonyl (C=O) groups excluding carboxylic acids is 1. The first kappa shape index (κ1) is 16.1. The second-order valence-electron chi connectivity index (χ2n) is 6.43. The van der Waals surface area contributed by atoms with Gasteiger partial charge in [-0.2, -0.15) is 0 Å². The molecule has 2 rings (SSSR count). The molecule has 2 amide bonds. The van der Waals surface area contributed by atoms with Gasteiger partial charge in [-0.25, -0.2) is 4.79 Å². The van der Waals surface area contributed by atoms with Gasteiger partial charge in [-0.15, -0.1) is 0 Å². The van der Waals surface area contributed by atoms with E-state index in [2.05, 4.69) is 5.32 Å². The number of hydrogen-bond donors (Lipinski definition) is 2. The van der Waals surface area contributed by atoms with E-state index >= 15 is 0 Å². The van der Waals surface area contributed by atoms with Crippen molar-refractivity contribution in [2.45, 2.75) is 38.5 Å². The molecular formula is C15H26N2O4. The van der Waals surface area contributed by atoms with Gasteiger partial charge in [-0.3, -0.25) is 4.79 Å². The highest BCUT2D eigenvalue weighted by atomic mass is 16.5. The zero-order valence-corrected chi connectivity index (χ0v) is 12.8. The zero-order valence-electron chi connectivity index (χ0n) is 12.8. The lowest BCUT2D eigenvalue weighted by Crippen LogP contribution is -2.41. The van der Waals surface area contributed by atoms with Crippen LogP contribution < -0.4 is 5.32 Å². The summed E-state index contributed by atoms with van der Waals surface area (Å²) in [6.07, 6.45) is 5.10. The number of carbonyl (C=O) groups is 2. The second kappa shape index (κ2) is 7.11.